The molecular weight excluding hydrogens is 326 g/mol. The molecule has 0 spiro atoms. The van der Waals surface area contributed by atoms with Gasteiger partial charge in [0.25, 0.3) is 0 Å². The number of aromatic nitrogens is 1. The first-order valence-corrected chi connectivity index (χ1v) is 10.5. The summed E-state index contributed by atoms with van der Waals surface area (Å²) in [5, 5.41) is 8.80. The van der Waals surface area contributed by atoms with Gasteiger partial charge in [-0.25, -0.2) is 4.98 Å². The van der Waals surface area contributed by atoms with Crippen LogP contribution in [-0.2, 0) is 0 Å². The Morgan fingerprint density at radius 2 is 2.22 bits per heavy atom. The molecule has 1 saturated heterocycles. The molecule has 0 unspecified atom stereocenters. The maximum atomic E-state index is 4.66. The van der Waals surface area contributed by atoms with Crippen LogP contribution in [0.1, 0.15) is 32.6 Å². The second-order valence-electron chi connectivity index (χ2n) is 5.59. The number of rotatable bonds is 9. The number of aliphatic imine (C=N–C) groups is 1. The molecule has 0 aromatic carbocycles. The van der Waals surface area contributed by atoms with Crippen LogP contribution in [0.3, 0.4) is 0 Å². The number of piperidine rings is 1. The summed E-state index contributed by atoms with van der Waals surface area (Å²) in [6, 6.07) is 0. The molecule has 23 heavy (non-hydrogen) atoms. The zero-order valence-corrected chi connectivity index (χ0v) is 15.7. The third kappa shape index (κ3) is 8.04. The van der Waals surface area contributed by atoms with E-state index in [1.54, 1.807) is 11.3 Å². The number of hydrogen-bond acceptors (Lipinski definition) is 5. The second-order valence-corrected chi connectivity index (χ2v) is 7.83. The van der Waals surface area contributed by atoms with Crippen LogP contribution in [-0.4, -0.2) is 60.9 Å². The van der Waals surface area contributed by atoms with Gasteiger partial charge in [0.2, 0.25) is 0 Å². The molecule has 0 radical (unpaired) electrons. The van der Waals surface area contributed by atoms with Crippen molar-refractivity contribution in [2.45, 2.75) is 36.9 Å². The predicted molar refractivity (Wildman–Crippen MR) is 102 cm³/mol. The van der Waals surface area contributed by atoms with E-state index in [1.165, 1.54) is 32.4 Å². The van der Waals surface area contributed by atoms with Crippen LogP contribution in [0.4, 0.5) is 0 Å². The molecule has 2 rings (SSSR count). The second kappa shape index (κ2) is 11.7. The highest BCUT2D eigenvalue weighted by Gasteiger charge is 2.09. The van der Waals surface area contributed by atoms with E-state index in [0.717, 1.165) is 48.7 Å². The maximum absolute atomic E-state index is 4.66. The fourth-order valence-corrected chi connectivity index (χ4v) is 4.19. The SMILES string of the molecule is CCNC(=NCCCSc1nccs1)NCCN1CCCCC1. The summed E-state index contributed by atoms with van der Waals surface area (Å²) in [4.78, 5) is 11.5. The first-order chi connectivity index (χ1) is 11.4. The quantitative estimate of drug-likeness (QED) is 0.309. The summed E-state index contributed by atoms with van der Waals surface area (Å²) in [7, 11) is 0. The van der Waals surface area contributed by atoms with Gasteiger partial charge in [-0.05, 0) is 39.3 Å². The third-order valence-corrected chi connectivity index (χ3v) is 5.77. The summed E-state index contributed by atoms with van der Waals surface area (Å²) < 4.78 is 1.15. The van der Waals surface area contributed by atoms with E-state index >= 15 is 0 Å². The molecule has 1 aliphatic heterocycles. The Balaban J connectivity index is 1.59. The van der Waals surface area contributed by atoms with Crippen molar-refractivity contribution in [3.63, 3.8) is 0 Å². The van der Waals surface area contributed by atoms with Gasteiger partial charge in [0, 0.05) is 43.5 Å². The minimum Gasteiger partial charge on any atom is -0.357 e. The van der Waals surface area contributed by atoms with Gasteiger partial charge < -0.3 is 15.5 Å². The highest BCUT2D eigenvalue weighted by molar-refractivity contribution is 8.00. The van der Waals surface area contributed by atoms with Gasteiger partial charge in [-0.1, -0.05) is 18.2 Å². The van der Waals surface area contributed by atoms with Crippen molar-refractivity contribution in [3.05, 3.63) is 11.6 Å². The van der Waals surface area contributed by atoms with Gasteiger partial charge in [0.1, 0.15) is 4.34 Å². The Hall–Kier alpha value is -0.790. The maximum Gasteiger partial charge on any atom is 0.191 e. The molecule has 1 aromatic heterocycles. The monoisotopic (exact) mass is 355 g/mol. The number of nitrogens with one attached hydrogen (secondary N) is 2. The number of thiazole rings is 1. The van der Waals surface area contributed by atoms with Crippen LogP contribution in [0.2, 0.25) is 0 Å². The highest BCUT2D eigenvalue weighted by Crippen LogP contribution is 2.20. The normalized spacial score (nSPS) is 16.5. The predicted octanol–water partition coefficient (Wildman–Crippen LogP) is 2.67. The summed E-state index contributed by atoms with van der Waals surface area (Å²) >= 11 is 3.53. The Morgan fingerprint density at radius 1 is 1.35 bits per heavy atom. The van der Waals surface area contributed by atoms with Gasteiger partial charge in [-0.2, -0.15) is 0 Å². The fourth-order valence-electron chi connectivity index (χ4n) is 2.55. The van der Waals surface area contributed by atoms with E-state index in [9.17, 15) is 0 Å². The van der Waals surface area contributed by atoms with Crippen molar-refractivity contribution in [3.8, 4) is 0 Å². The van der Waals surface area contributed by atoms with Crippen LogP contribution in [0.5, 0.6) is 0 Å². The first-order valence-electron chi connectivity index (χ1n) is 8.65. The molecule has 1 aromatic rings. The molecule has 1 aliphatic rings. The average Bonchev–Trinajstić information content (AvgIpc) is 3.09. The zero-order valence-electron chi connectivity index (χ0n) is 14.1. The molecule has 7 heteroatoms. The van der Waals surface area contributed by atoms with Crippen LogP contribution in [0, 0.1) is 0 Å². The van der Waals surface area contributed by atoms with Crippen LogP contribution >= 0.6 is 23.1 Å². The molecule has 130 valence electrons. The lowest BCUT2D eigenvalue weighted by Crippen LogP contribution is -2.42. The third-order valence-electron chi connectivity index (χ3n) is 3.72. The first kappa shape index (κ1) is 18.5. The molecule has 2 N–H and O–H groups in total. The Labute approximate surface area is 148 Å². The van der Waals surface area contributed by atoms with Gasteiger partial charge >= 0.3 is 0 Å². The smallest absolute Gasteiger partial charge is 0.191 e. The van der Waals surface area contributed by atoms with Crippen molar-refractivity contribution < 1.29 is 0 Å². The minimum absolute atomic E-state index is 0.859. The zero-order chi connectivity index (χ0) is 16.2. The molecule has 2 heterocycles. The lowest BCUT2D eigenvalue weighted by molar-refractivity contribution is 0.232. The van der Waals surface area contributed by atoms with E-state index < -0.39 is 0 Å². The van der Waals surface area contributed by atoms with Gasteiger partial charge in [0.05, 0.1) is 0 Å². The number of likely N-dealkylation sites (tertiary alicyclic amines) is 1. The van der Waals surface area contributed by atoms with Crippen molar-refractivity contribution in [1.29, 1.82) is 0 Å². The van der Waals surface area contributed by atoms with Gasteiger partial charge in [-0.15, -0.1) is 11.3 Å². The number of thioether (sulfide) groups is 1. The Bertz CT molecular complexity index is 430. The number of hydrogen-bond donors (Lipinski definition) is 2. The average molecular weight is 356 g/mol. The molecule has 0 amide bonds. The molecule has 0 atom stereocenters. The summed E-state index contributed by atoms with van der Waals surface area (Å²) in [5.41, 5.74) is 0. The Kier molecular flexibility index (Phi) is 9.44. The van der Waals surface area contributed by atoms with E-state index in [1.807, 2.05) is 23.3 Å². The number of guanidine groups is 1. The van der Waals surface area contributed by atoms with E-state index in [2.05, 4.69) is 32.4 Å². The van der Waals surface area contributed by atoms with E-state index in [0.29, 0.717) is 0 Å². The molecule has 0 aliphatic carbocycles. The summed E-state index contributed by atoms with van der Waals surface area (Å²) in [5.74, 6) is 2.02. The van der Waals surface area contributed by atoms with Crippen molar-refractivity contribution >= 4 is 29.1 Å². The van der Waals surface area contributed by atoms with E-state index in [4.69, 9.17) is 0 Å². The Morgan fingerprint density at radius 3 is 2.96 bits per heavy atom. The van der Waals surface area contributed by atoms with E-state index in [-0.39, 0.29) is 0 Å². The van der Waals surface area contributed by atoms with Gasteiger partial charge in [-0.3, -0.25) is 4.99 Å². The lowest BCUT2D eigenvalue weighted by atomic mass is 10.1. The number of nitrogens with zero attached hydrogens (tertiary/aromatic N) is 3. The largest absolute Gasteiger partial charge is 0.357 e. The molecular formula is C16H29N5S2. The highest BCUT2D eigenvalue weighted by atomic mass is 32.2. The fraction of sp³-hybridized carbons (Fsp3) is 0.750. The van der Waals surface area contributed by atoms with Crippen LogP contribution in [0.25, 0.3) is 0 Å². The topological polar surface area (TPSA) is 52.6 Å². The molecule has 1 fully saturated rings. The summed E-state index contributed by atoms with van der Waals surface area (Å²) in [6.45, 7) is 8.47. The van der Waals surface area contributed by atoms with Crippen molar-refractivity contribution in [2.24, 2.45) is 4.99 Å². The molecule has 0 bridgehead atoms. The lowest BCUT2D eigenvalue weighted by Gasteiger charge is -2.26. The molecule has 5 nitrogen and oxygen atoms in total. The van der Waals surface area contributed by atoms with Crippen LogP contribution in [0.15, 0.2) is 20.9 Å². The van der Waals surface area contributed by atoms with Gasteiger partial charge in [0.15, 0.2) is 5.96 Å². The molecule has 0 saturated carbocycles. The summed E-state index contributed by atoms with van der Waals surface area (Å²) in [6.07, 6.45) is 7.04. The van der Waals surface area contributed by atoms with Crippen LogP contribution < -0.4 is 10.6 Å². The minimum atomic E-state index is 0.859. The standard InChI is InChI=1S/C16H29N5S2/c1-2-17-15(19-8-12-21-10-4-3-5-11-21)18-7-6-13-22-16-20-9-14-23-16/h9,14H,2-8,10-13H2,1H3,(H2,17,18,19). The van der Waals surface area contributed by atoms with Crippen molar-refractivity contribution in [1.82, 2.24) is 20.5 Å². The van der Waals surface area contributed by atoms with Crippen molar-refractivity contribution in [2.75, 3.05) is 45.0 Å².